The molecule has 0 bridgehead atoms. The summed E-state index contributed by atoms with van der Waals surface area (Å²) in [7, 11) is 0. The van der Waals surface area contributed by atoms with Gasteiger partial charge < -0.3 is 5.32 Å². The molecule has 2 rings (SSSR count). The normalized spacial score (nSPS) is 10.0. The van der Waals surface area contributed by atoms with Gasteiger partial charge in [0, 0.05) is 27.3 Å². The van der Waals surface area contributed by atoms with Gasteiger partial charge in [-0.3, -0.25) is 14.9 Å². The van der Waals surface area contributed by atoms with Gasteiger partial charge in [-0.25, -0.2) is 4.98 Å². The second-order valence-corrected chi connectivity index (χ2v) is 5.17. The number of halogens is 2. The molecule has 0 aliphatic carbocycles. The van der Waals surface area contributed by atoms with Crippen molar-refractivity contribution < 1.29 is 9.59 Å². The predicted octanol–water partition coefficient (Wildman–Crippen LogP) is 3.03. The van der Waals surface area contributed by atoms with Crippen LogP contribution in [0.2, 0.25) is 10.0 Å². The second kappa shape index (κ2) is 6.01. The summed E-state index contributed by atoms with van der Waals surface area (Å²) in [5.41, 5.74) is 0.344. The van der Waals surface area contributed by atoms with Crippen LogP contribution >= 0.6 is 34.5 Å². The van der Waals surface area contributed by atoms with E-state index >= 15 is 0 Å². The number of anilines is 2. The van der Waals surface area contributed by atoms with Crippen LogP contribution in [0.4, 0.5) is 10.8 Å². The van der Waals surface area contributed by atoms with E-state index in [0.29, 0.717) is 20.9 Å². The number of benzene rings is 1. The number of carbonyl (C=O) groups excluding carboxylic acids is 2. The van der Waals surface area contributed by atoms with Crippen molar-refractivity contribution in [3.8, 4) is 0 Å². The number of thiazole rings is 1. The maximum Gasteiger partial charge on any atom is 0.315 e. The fraction of sp³-hybridized carbons (Fsp3) is 0. The molecule has 19 heavy (non-hydrogen) atoms. The van der Waals surface area contributed by atoms with E-state index in [0.717, 1.165) is 0 Å². The van der Waals surface area contributed by atoms with E-state index in [2.05, 4.69) is 15.6 Å². The first-order chi connectivity index (χ1) is 9.04. The van der Waals surface area contributed by atoms with E-state index in [1.54, 1.807) is 5.38 Å². The molecule has 0 aliphatic heterocycles. The number of nitrogens with one attached hydrogen (secondary N) is 2. The Kier molecular flexibility index (Phi) is 4.36. The Morgan fingerprint density at radius 3 is 2.26 bits per heavy atom. The van der Waals surface area contributed by atoms with Crippen LogP contribution in [0.25, 0.3) is 0 Å². The fourth-order valence-electron chi connectivity index (χ4n) is 1.25. The summed E-state index contributed by atoms with van der Waals surface area (Å²) < 4.78 is 0. The molecule has 2 amide bonds. The zero-order chi connectivity index (χ0) is 13.8. The summed E-state index contributed by atoms with van der Waals surface area (Å²) in [6.45, 7) is 0. The van der Waals surface area contributed by atoms with Gasteiger partial charge in [-0.2, -0.15) is 0 Å². The molecular formula is C11H7Cl2N3O2S. The van der Waals surface area contributed by atoms with E-state index in [1.165, 1.54) is 35.7 Å². The van der Waals surface area contributed by atoms with Crippen LogP contribution in [-0.2, 0) is 9.59 Å². The first-order valence-corrected chi connectivity index (χ1v) is 6.66. The van der Waals surface area contributed by atoms with Crippen molar-refractivity contribution >= 4 is 57.2 Å². The average Bonchev–Trinajstić information content (AvgIpc) is 2.80. The molecule has 5 nitrogen and oxygen atoms in total. The summed E-state index contributed by atoms with van der Waals surface area (Å²) in [4.78, 5) is 27.0. The molecule has 0 saturated carbocycles. The minimum Gasteiger partial charge on any atom is -0.318 e. The zero-order valence-corrected chi connectivity index (χ0v) is 11.6. The van der Waals surface area contributed by atoms with E-state index < -0.39 is 11.8 Å². The van der Waals surface area contributed by atoms with Gasteiger partial charge in [0.05, 0.1) is 0 Å². The van der Waals surface area contributed by atoms with Crippen LogP contribution in [0.15, 0.2) is 29.8 Å². The standard InChI is InChI=1S/C11H7Cl2N3O2S/c12-6-3-7(13)5-8(4-6)15-9(17)10(18)16-11-14-1-2-19-11/h1-5H,(H,15,17)(H,14,16,18). The number of carbonyl (C=O) groups is 2. The number of rotatable bonds is 2. The van der Waals surface area contributed by atoms with Gasteiger partial charge >= 0.3 is 11.8 Å². The van der Waals surface area contributed by atoms with Gasteiger partial charge in [-0.05, 0) is 18.2 Å². The molecule has 0 aliphatic rings. The van der Waals surface area contributed by atoms with Crippen molar-refractivity contribution in [1.82, 2.24) is 4.98 Å². The van der Waals surface area contributed by atoms with Crippen molar-refractivity contribution in [3.05, 3.63) is 39.8 Å². The third-order valence-corrected chi connectivity index (χ3v) is 3.10. The topological polar surface area (TPSA) is 71.1 Å². The lowest BCUT2D eigenvalue weighted by molar-refractivity contribution is -0.132. The minimum absolute atomic E-state index is 0.344. The third-order valence-electron chi connectivity index (χ3n) is 1.98. The second-order valence-electron chi connectivity index (χ2n) is 3.40. The Balaban J connectivity index is 2.02. The SMILES string of the molecule is O=C(Nc1cc(Cl)cc(Cl)c1)C(=O)Nc1nccs1. The van der Waals surface area contributed by atoms with Crippen LogP contribution in [0.5, 0.6) is 0 Å². The van der Waals surface area contributed by atoms with Gasteiger partial charge in [0.25, 0.3) is 0 Å². The molecule has 1 aromatic heterocycles. The summed E-state index contributed by atoms with van der Waals surface area (Å²) in [6, 6.07) is 4.50. The van der Waals surface area contributed by atoms with Crippen LogP contribution in [0.3, 0.4) is 0 Å². The molecule has 1 heterocycles. The predicted molar refractivity (Wildman–Crippen MR) is 75.8 cm³/mol. The summed E-state index contributed by atoms with van der Waals surface area (Å²) >= 11 is 12.8. The maximum atomic E-state index is 11.6. The molecule has 8 heteroatoms. The molecule has 1 aromatic carbocycles. The third kappa shape index (κ3) is 3.92. The van der Waals surface area contributed by atoms with Gasteiger partial charge in [-0.1, -0.05) is 23.2 Å². The van der Waals surface area contributed by atoms with Crippen LogP contribution < -0.4 is 10.6 Å². The van der Waals surface area contributed by atoms with E-state index in [9.17, 15) is 9.59 Å². The molecule has 0 saturated heterocycles. The Labute approximate surface area is 122 Å². The van der Waals surface area contributed by atoms with Crippen molar-refractivity contribution in [2.24, 2.45) is 0 Å². The van der Waals surface area contributed by atoms with Gasteiger partial charge in [-0.15, -0.1) is 11.3 Å². The first kappa shape index (κ1) is 13.8. The molecule has 0 unspecified atom stereocenters. The van der Waals surface area contributed by atoms with Gasteiger partial charge in [0.2, 0.25) is 0 Å². The maximum absolute atomic E-state index is 11.6. The van der Waals surface area contributed by atoms with Gasteiger partial charge in [0.1, 0.15) is 0 Å². The Morgan fingerprint density at radius 1 is 1.05 bits per heavy atom. The molecule has 98 valence electrons. The largest absolute Gasteiger partial charge is 0.318 e. The monoisotopic (exact) mass is 315 g/mol. The van der Waals surface area contributed by atoms with E-state index in [4.69, 9.17) is 23.2 Å². The fourth-order valence-corrected chi connectivity index (χ4v) is 2.30. The molecule has 0 atom stereocenters. The molecular weight excluding hydrogens is 309 g/mol. The van der Waals surface area contributed by atoms with Gasteiger partial charge in [0.15, 0.2) is 5.13 Å². The summed E-state index contributed by atoms with van der Waals surface area (Å²) in [5, 5.41) is 7.52. The first-order valence-electron chi connectivity index (χ1n) is 5.02. The lowest BCUT2D eigenvalue weighted by atomic mass is 10.3. The smallest absolute Gasteiger partial charge is 0.315 e. The van der Waals surface area contributed by atoms with Crippen molar-refractivity contribution in [2.45, 2.75) is 0 Å². The lowest BCUT2D eigenvalue weighted by Gasteiger charge is -2.05. The van der Waals surface area contributed by atoms with Crippen LogP contribution in [0, 0.1) is 0 Å². The molecule has 2 aromatic rings. The average molecular weight is 316 g/mol. The van der Waals surface area contributed by atoms with Crippen LogP contribution in [-0.4, -0.2) is 16.8 Å². The van der Waals surface area contributed by atoms with Crippen molar-refractivity contribution in [2.75, 3.05) is 10.6 Å². The number of aromatic nitrogens is 1. The molecule has 0 spiro atoms. The highest BCUT2D eigenvalue weighted by Crippen LogP contribution is 2.22. The van der Waals surface area contributed by atoms with E-state index in [1.807, 2.05) is 0 Å². The summed E-state index contributed by atoms with van der Waals surface area (Å²) in [6.07, 6.45) is 1.52. The van der Waals surface area contributed by atoms with Crippen molar-refractivity contribution in [3.63, 3.8) is 0 Å². The number of amides is 2. The number of hydrogen-bond donors (Lipinski definition) is 2. The van der Waals surface area contributed by atoms with Crippen LogP contribution in [0.1, 0.15) is 0 Å². The highest BCUT2D eigenvalue weighted by Gasteiger charge is 2.15. The molecule has 0 fully saturated rings. The molecule has 0 radical (unpaired) electrons. The van der Waals surface area contributed by atoms with Crippen molar-refractivity contribution in [1.29, 1.82) is 0 Å². The number of hydrogen-bond acceptors (Lipinski definition) is 4. The Bertz CT molecular complexity index is 596. The highest BCUT2D eigenvalue weighted by atomic mass is 35.5. The Morgan fingerprint density at radius 2 is 1.68 bits per heavy atom. The number of nitrogens with zero attached hydrogens (tertiary/aromatic N) is 1. The minimum atomic E-state index is -0.825. The quantitative estimate of drug-likeness (QED) is 0.837. The Hall–Kier alpha value is -1.63. The lowest BCUT2D eigenvalue weighted by Crippen LogP contribution is -2.29. The molecule has 2 N–H and O–H groups in total. The summed E-state index contributed by atoms with van der Waals surface area (Å²) in [5.74, 6) is -1.64. The van der Waals surface area contributed by atoms with E-state index in [-0.39, 0.29) is 0 Å². The zero-order valence-electron chi connectivity index (χ0n) is 9.31. The highest BCUT2D eigenvalue weighted by molar-refractivity contribution is 7.13.